The standard InChI is InChI=1S/C35H31NO7/c1-22-4-7-26(8-5-22)35(40)43-30-14-9-25(10-15-30)32(37)21-41-34(39)27-19-33(38)36(20-27)28-11-16-29(17-12-28)42-31-13-6-23(2)24(3)18-31/h4-18,27H,19-21H2,1-3H3/t27-/m1/s1. The molecule has 4 aromatic carbocycles. The summed E-state index contributed by atoms with van der Waals surface area (Å²) in [6.45, 7) is 5.68. The Kier molecular flexibility index (Phi) is 8.66. The highest BCUT2D eigenvalue weighted by molar-refractivity contribution is 6.01. The lowest BCUT2D eigenvalue weighted by atomic mass is 10.1. The topological polar surface area (TPSA) is 99.2 Å². The smallest absolute Gasteiger partial charge is 0.343 e. The van der Waals surface area contributed by atoms with Gasteiger partial charge in [-0.25, -0.2) is 4.79 Å². The van der Waals surface area contributed by atoms with E-state index >= 15 is 0 Å². The number of ether oxygens (including phenoxy) is 3. The van der Waals surface area contributed by atoms with Crippen LogP contribution in [0, 0.1) is 26.7 Å². The summed E-state index contributed by atoms with van der Waals surface area (Å²) in [7, 11) is 0. The predicted octanol–water partition coefficient (Wildman–Crippen LogP) is 6.40. The number of carbonyl (C=O) groups is 4. The normalized spacial score (nSPS) is 14.3. The van der Waals surface area contributed by atoms with Crippen molar-refractivity contribution >= 4 is 29.3 Å². The van der Waals surface area contributed by atoms with Crippen molar-refractivity contribution in [2.24, 2.45) is 5.92 Å². The molecule has 4 aromatic rings. The summed E-state index contributed by atoms with van der Waals surface area (Å²) in [5.74, 6) is -0.771. The van der Waals surface area contributed by atoms with Crippen LogP contribution in [0.25, 0.3) is 0 Å². The molecule has 1 fully saturated rings. The lowest BCUT2D eigenvalue weighted by molar-refractivity contribution is -0.147. The van der Waals surface area contributed by atoms with Crippen molar-refractivity contribution in [3.63, 3.8) is 0 Å². The molecule has 0 aliphatic carbocycles. The molecule has 0 N–H and O–H groups in total. The summed E-state index contributed by atoms with van der Waals surface area (Å²) in [6.07, 6.45) is -0.00499. The average molecular weight is 578 g/mol. The number of ketones is 1. The van der Waals surface area contributed by atoms with Crippen LogP contribution < -0.4 is 14.4 Å². The zero-order valence-corrected chi connectivity index (χ0v) is 24.2. The van der Waals surface area contributed by atoms with E-state index in [-0.39, 0.29) is 24.6 Å². The van der Waals surface area contributed by atoms with Crippen LogP contribution in [0.4, 0.5) is 5.69 Å². The van der Waals surface area contributed by atoms with Crippen LogP contribution in [0.2, 0.25) is 0 Å². The second-order valence-electron chi connectivity index (χ2n) is 10.6. The third-order valence-corrected chi connectivity index (χ3v) is 7.34. The first-order chi connectivity index (χ1) is 20.7. The number of benzene rings is 4. The van der Waals surface area contributed by atoms with Crippen molar-refractivity contribution in [2.45, 2.75) is 27.2 Å². The predicted molar refractivity (Wildman–Crippen MR) is 161 cm³/mol. The molecule has 1 atom stereocenters. The Morgan fingerprint density at radius 3 is 2.05 bits per heavy atom. The van der Waals surface area contributed by atoms with Crippen LogP contribution in [-0.2, 0) is 14.3 Å². The Bertz CT molecular complexity index is 1660. The van der Waals surface area contributed by atoms with Gasteiger partial charge in [0.2, 0.25) is 5.91 Å². The van der Waals surface area contributed by atoms with Crippen molar-refractivity contribution in [1.82, 2.24) is 0 Å². The van der Waals surface area contributed by atoms with Crippen LogP contribution in [-0.4, -0.2) is 36.8 Å². The molecule has 5 rings (SSSR count). The molecular formula is C35H31NO7. The fourth-order valence-electron chi connectivity index (χ4n) is 4.62. The molecule has 0 unspecified atom stereocenters. The molecule has 0 radical (unpaired) electrons. The molecule has 1 aliphatic heterocycles. The molecule has 1 heterocycles. The van der Waals surface area contributed by atoms with Gasteiger partial charge in [-0.2, -0.15) is 0 Å². The van der Waals surface area contributed by atoms with E-state index in [0.717, 1.165) is 16.9 Å². The fraction of sp³-hybridized carbons (Fsp3) is 0.200. The number of aryl methyl sites for hydroxylation is 3. The minimum Gasteiger partial charge on any atom is -0.457 e. The quantitative estimate of drug-likeness (QED) is 0.129. The van der Waals surface area contributed by atoms with Gasteiger partial charge in [-0.15, -0.1) is 0 Å². The van der Waals surface area contributed by atoms with E-state index in [2.05, 4.69) is 0 Å². The molecule has 0 aromatic heterocycles. The van der Waals surface area contributed by atoms with Crippen LogP contribution in [0.15, 0.2) is 91.0 Å². The van der Waals surface area contributed by atoms with Gasteiger partial charge < -0.3 is 19.1 Å². The van der Waals surface area contributed by atoms with Crippen LogP contribution in [0.5, 0.6) is 17.2 Å². The maximum atomic E-state index is 12.7. The van der Waals surface area contributed by atoms with Gasteiger partial charge in [0.25, 0.3) is 0 Å². The van der Waals surface area contributed by atoms with Crippen molar-refractivity contribution in [3.8, 4) is 17.2 Å². The van der Waals surface area contributed by atoms with Gasteiger partial charge in [0, 0.05) is 24.2 Å². The fourth-order valence-corrected chi connectivity index (χ4v) is 4.62. The van der Waals surface area contributed by atoms with E-state index in [4.69, 9.17) is 14.2 Å². The highest BCUT2D eigenvalue weighted by atomic mass is 16.5. The number of amides is 1. The summed E-state index contributed by atoms with van der Waals surface area (Å²) in [6, 6.07) is 26.0. The summed E-state index contributed by atoms with van der Waals surface area (Å²) < 4.78 is 16.5. The van der Waals surface area contributed by atoms with Crippen molar-refractivity contribution < 1.29 is 33.4 Å². The van der Waals surface area contributed by atoms with Gasteiger partial charge in [0.05, 0.1) is 11.5 Å². The molecule has 43 heavy (non-hydrogen) atoms. The van der Waals surface area contributed by atoms with E-state index in [1.807, 2.05) is 51.1 Å². The molecule has 1 saturated heterocycles. The number of carbonyl (C=O) groups excluding carboxylic acids is 4. The summed E-state index contributed by atoms with van der Waals surface area (Å²) in [4.78, 5) is 51.9. The minimum absolute atomic E-state index is 0.00499. The Hall–Kier alpha value is -5.24. The lowest BCUT2D eigenvalue weighted by Gasteiger charge is -2.17. The number of Topliss-reactive ketones (excluding diaryl/α,β-unsaturated/α-hetero) is 1. The maximum Gasteiger partial charge on any atom is 0.343 e. The first-order valence-corrected chi connectivity index (χ1v) is 13.9. The van der Waals surface area contributed by atoms with Gasteiger partial charge in [0.15, 0.2) is 12.4 Å². The monoisotopic (exact) mass is 577 g/mol. The number of esters is 2. The zero-order valence-electron chi connectivity index (χ0n) is 24.2. The molecular weight excluding hydrogens is 546 g/mol. The van der Waals surface area contributed by atoms with E-state index < -0.39 is 30.2 Å². The SMILES string of the molecule is Cc1ccc(C(=O)Oc2ccc(C(=O)COC(=O)[C@@H]3CC(=O)N(c4ccc(Oc5ccc(C)c(C)c5)cc4)C3)cc2)cc1. The number of hydrogen-bond acceptors (Lipinski definition) is 7. The minimum atomic E-state index is -0.685. The van der Waals surface area contributed by atoms with Gasteiger partial charge in [-0.05, 0) is 105 Å². The molecule has 1 aliphatic rings. The Morgan fingerprint density at radius 2 is 1.37 bits per heavy atom. The highest BCUT2D eigenvalue weighted by Crippen LogP contribution is 2.30. The molecule has 0 bridgehead atoms. The van der Waals surface area contributed by atoms with Gasteiger partial charge in [-0.3, -0.25) is 14.4 Å². The van der Waals surface area contributed by atoms with Crippen LogP contribution >= 0.6 is 0 Å². The molecule has 218 valence electrons. The van der Waals surface area contributed by atoms with Crippen molar-refractivity contribution in [1.29, 1.82) is 0 Å². The van der Waals surface area contributed by atoms with E-state index in [0.29, 0.717) is 22.6 Å². The van der Waals surface area contributed by atoms with Crippen molar-refractivity contribution in [3.05, 3.63) is 119 Å². The summed E-state index contributed by atoms with van der Waals surface area (Å²) in [5, 5.41) is 0. The molecule has 8 heteroatoms. The van der Waals surface area contributed by atoms with Crippen LogP contribution in [0.3, 0.4) is 0 Å². The van der Waals surface area contributed by atoms with Crippen molar-refractivity contribution in [2.75, 3.05) is 18.1 Å². The second kappa shape index (κ2) is 12.7. The van der Waals surface area contributed by atoms with Gasteiger partial charge in [0.1, 0.15) is 17.2 Å². The molecule has 0 saturated carbocycles. The number of nitrogens with zero attached hydrogens (tertiary/aromatic N) is 1. The number of anilines is 1. The Balaban J connectivity index is 1.11. The first-order valence-electron chi connectivity index (χ1n) is 13.9. The number of rotatable bonds is 9. The maximum absolute atomic E-state index is 12.7. The first kappa shape index (κ1) is 29.3. The van der Waals surface area contributed by atoms with Gasteiger partial charge >= 0.3 is 11.9 Å². The number of hydrogen-bond donors (Lipinski definition) is 0. The Morgan fingerprint density at radius 1 is 0.744 bits per heavy atom. The third-order valence-electron chi connectivity index (χ3n) is 7.34. The molecule has 1 amide bonds. The average Bonchev–Trinajstić information content (AvgIpc) is 3.40. The Labute approximate surface area is 249 Å². The summed E-state index contributed by atoms with van der Waals surface area (Å²) >= 11 is 0. The van der Waals surface area contributed by atoms with E-state index in [9.17, 15) is 19.2 Å². The highest BCUT2D eigenvalue weighted by Gasteiger charge is 2.36. The van der Waals surface area contributed by atoms with Crippen LogP contribution in [0.1, 0.15) is 43.8 Å². The zero-order chi connectivity index (χ0) is 30.5. The molecule has 8 nitrogen and oxygen atoms in total. The van der Waals surface area contributed by atoms with Gasteiger partial charge in [-0.1, -0.05) is 23.8 Å². The third kappa shape index (κ3) is 7.16. The lowest BCUT2D eigenvalue weighted by Crippen LogP contribution is -2.27. The molecule has 0 spiro atoms. The second-order valence-corrected chi connectivity index (χ2v) is 10.6. The summed E-state index contributed by atoms with van der Waals surface area (Å²) in [5.41, 5.74) is 4.71. The largest absolute Gasteiger partial charge is 0.457 e. The van der Waals surface area contributed by atoms with E-state index in [1.165, 1.54) is 34.7 Å². The van der Waals surface area contributed by atoms with E-state index in [1.54, 1.807) is 36.4 Å².